The number of amides is 1. The van der Waals surface area contributed by atoms with Crippen molar-refractivity contribution in [1.29, 1.82) is 0 Å². The molecule has 1 aliphatic heterocycles. The molecule has 3 aromatic rings. The zero-order valence-corrected chi connectivity index (χ0v) is 19.6. The average Bonchev–Trinajstić information content (AvgIpc) is 3.25. The van der Waals surface area contributed by atoms with Crippen LogP contribution in [0.5, 0.6) is 0 Å². The van der Waals surface area contributed by atoms with Crippen LogP contribution >= 0.6 is 0 Å². The van der Waals surface area contributed by atoms with Crippen molar-refractivity contribution in [3.05, 3.63) is 71.7 Å². The van der Waals surface area contributed by atoms with Crippen LogP contribution in [-0.4, -0.2) is 77.9 Å². The fourth-order valence-electron chi connectivity index (χ4n) is 3.70. The lowest BCUT2D eigenvalue weighted by atomic mass is 10.1. The molecule has 1 saturated heterocycles. The SMILES string of the molecule is Cc1ccc(-c2nn(-c3ccc(F)cc3)cc2C(=O)N2CCN(S(=O)(=O)N(C)C)CC2)cc1. The minimum absolute atomic E-state index is 0.220. The smallest absolute Gasteiger partial charge is 0.281 e. The van der Waals surface area contributed by atoms with Crippen LogP contribution in [-0.2, 0) is 10.2 Å². The predicted molar refractivity (Wildman–Crippen MR) is 124 cm³/mol. The number of hydrogen-bond donors (Lipinski definition) is 0. The molecule has 1 aromatic heterocycles. The number of carbonyl (C=O) groups excluding carboxylic acids is 1. The summed E-state index contributed by atoms with van der Waals surface area (Å²) in [4.78, 5) is 15.1. The molecule has 0 bridgehead atoms. The minimum Gasteiger partial charge on any atom is -0.336 e. The first kappa shape index (κ1) is 23.1. The summed E-state index contributed by atoms with van der Waals surface area (Å²) < 4.78 is 42.3. The van der Waals surface area contributed by atoms with Gasteiger partial charge in [0, 0.05) is 52.0 Å². The molecule has 0 radical (unpaired) electrons. The summed E-state index contributed by atoms with van der Waals surface area (Å²) in [6, 6.07) is 13.6. The van der Waals surface area contributed by atoms with Crippen molar-refractivity contribution in [1.82, 2.24) is 23.3 Å². The van der Waals surface area contributed by atoms with E-state index in [-0.39, 0.29) is 37.9 Å². The summed E-state index contributed by atoms with van der Waals surface area (Å²) in [5.41, 5.74) is 3.44. The van der Waals surface area contributed by atoms with Gasteiger partial charge in [-0.2, -0.15) is 22.1 Å². The van der Waals surface area contributed by atoms with Gasteiger partial charge in [-0.15, -0.1) is 0 Å². The Hall–Kier alpha value is -3.08. The van der Waals surface area contributed by atoms with Crippen molar-refractivity contribution < 1.29 is 17.6 Å². The second-order valence-electron chi connectivity index (χ2n) is 8.16. The van der Waals surface area contributed by atoms with E-state index in [1.807, 2.05) is 31.2 Å². The lowest BCUT2D eigenvalue weighted by molar-refractivity contribution is 0.0696. The Morgan fingerprint density at radius 1 is 0.970 bits per heavy atom. The van der Waals surface area contributed by atoms with E-state index in [9.17, 15) is 17.6 Å². The average molecular weight is 472 g/mol. The van der Waals surface area contributed by atoms with Crippen LogP contribution in [0.3, 0.4) is 0 Å². The number of nitrogens with zero attached hydrogens (tertiary/aromatic N) is 5. The zero-order valence-electron chi connectivity index (χ0n) is 18.8. The third-order valence-electron chi connectivity index (χ3n) is 5.67. The number of hydrogen-bond acceptors (Lipinski definition) is 4. The van der Waals surface area contributed by atoms with Crippen LogP contribution < -0.4 is 0 Å². The van der Waals surface area contributed by atoms with Crippen LogP contribution in [0.4, 0.5) is 4.39 Å². The van der Waals surface area contributed by atoms with Gasteiger partial charge >= 0.3 is 0 Å². The van der Waals surface area contributed by atoms with E-state index in [2.05, 4.69) is 5.10 Å². The first-order valence-corrected chi connectivity index (χ1v) is 12.0. The van der Waals surface area contributed by atoms with Gasteiger partial charge in [0.25, 0.3) is 16.1 Å². The van der Waals surface area contributed by atoms with Crippen molar-refractivity contribution >= 4 is 16.1 Å². The van der Waals surface area contributed by atoms with Gasteiger partial charge in [0.2, 0.25) is 0 Å². The van der Waals surface area contributed by atoms with Gasteiger partial charge in [-0.3, -0.25) is 4.79 Å². The molecule has 4 rings (SSSR count). The van der Waals surface area contributed by atoms with Crippen molar-refractivity contribution in [2.24, 2.45) is 0 Å². The van der Waals surface area contributed by atoms with Crippen molar-refractivity contribution in [2.45, 2.75) is 6.92 Å². The van der Waals surface area contributed by atoms with Crippen LogP contribution in [0.25, 0.3) is 16.9 Å². The molecular formula is C23H26FN5O3S. The Morgan fingerprint density at radius 2 is 1.58 bits per heavy atom. The molecule has 0 atom stereocenters. The van der Waals surface area contributed by atoms with E-state index in [4.69, 9.17) is 0 Å². The second kappa shape index (κ2) is 9.05. The first-order chi connectivity index (χ1) is 15.7. The molecule has 0 unspecified atom stereocenters. The van der Waals surface area contributed by atoms with Gasteiger partial charge in [-0.05, 0) is 31.2 Å². The van der Waals surface area contributed by atoms with Crippen LogP contribution in [0.1, 0.15) is 15.9 Å². The predicted octanol–water partition coefficient (Wildman–Crippen LogP) is 2.55. The molecule has 1 aliphatic rings. The summed E-state index contributed by atoms with van der Waals surface area (Å²) >= 11 is 0. The Morgan fingerprint density at radius 3 is 2.15 bits per heavy atom. The maximum absolute atomic E-state index is 13.5. The van der Waals surface area contributed by atoms with E-state index >= 15 is 0 Å². The largest absolute Gasteiger partial charge is 0.336 e. The number of benzene rings is 2. The molecule has 0 N–H and O–H groups in total. The number of carbonyl (C=O) groups is 1. The Labute approximate surface area is 193 Å². The molecule has 0 aliphatic carbocycles. The van der Waals surface area contributed by atoms with Gasteiger partial charge in [0.15, 0.2) is 0 Å². The van der Waals surface area contributed by atoms with Crippen LogP contribution in [0, 0.1) is 12.7 Å². The minimum atomic E-state index is -3.52. The molecule has 8 nitrogen and oxygen atoms in total. The van der Waals surface area contributed by atoms with Crippen molar-refractivity contribution in [2.75, 3.05) is 40.3 Å². The van der Waals surface area contributed by atoms with Gasteiger partial charge in [-0.1, -0.05) is 29.8 Å². The summed E-state index contributed by atoms with van der Waals surface area (Å²) in [6.07, 6.45) is 1.65. The molecule has 10 heteroatoms. The summed E-state index contributed by atoms with van der Waals surface area (Å²) in [5.74, 6) is -0.577. The number of halogens is 1. The van der Waals surface area contributed by atoms with Crippen molar-refractivity contribution in [3.8, 4) is 16.9 Å². The third kappa shape index (κ3) is 4.68. The molecular weight excluding hydrogens is 445 g/mol. The Kier molecular flexibility index (Phi) is 6.33. The lowest BCUT2D eigenvalue weighted by Crippen LogP contribution is -2.53. The fourth-order valence-corrected chi connectivity index (χ4v) is 4.79. The number of rotatable bonds is 5. The molecule has 0 spiro atoms. The van der Waals surface area contributed by atoms with E-state index in [0.29, 0.717) is 16.9 Å². The van der Waals surface area contributed by atoms with Crippen LogP contribution in [0.15, 0.2) is 54.7 Å². The molecule has 2 aromatic carbocycles. The normalized spacial score (nSPS) is 15.2. The quantitative estimate of drug-likeness (QED) is 0.573. The fraction of sp³-hybridized carbons (Fsp3) is 0.304. The number of aromatic nitrogens is 2. The number of aryl methyl sites for hydroxylation is 1. The van der Waals surface area contributed by atoms with Gasteiger partial charge in [0.05, 0.1) is 11.3 Å². The lowest BCUT2D eigenvalue weighted by Gasteiger charge is -2.35. The van der Waals surface area contributed by atoms with Crippen LogP contribution in [0.2, 0.25) is 0 Å². The Balaban J connectivity index is 1.65. The third-order valence-corrected chi connectivity index (χ3v) is 7.62. The standard InChI is InChI=1S/C23H26FN5O3S/c1-17-4-6-18(7-5-17)22-21(16-29(25-22)20-10-8-19(24)9-11-20)23(30)27-12-14-28(15-13-27)33(31,32)26(2)3/h4-11,16H,12-15H2,1-3H3. The van der Waals surface area contributed by atoms with Gasteiger partial charge in [0.1, 0.15) is 11.5 Å². The maximum Gasteiger partial charge on any atom is 0.281 e. The second-order valence-corrected chi connectivity index (χ2v) is 10.3. The highest BCUT2D eigenvalue weighted by Gasteiger charge is 2.32. The van der Waals surface area contributed by atoms with E-state index in [1.165, 1.54) is 34.8 Å². The molecule has 33 heavy (non-hydrogen) atoms. The molecule has 2 heterocycles. The van der Waals surface area contributed by atoms with E-state index in [1.54, 1.807) is 27.9 Å². The summed E-state index contributed by atoms with van der Waals surface area (Å²) in [5, 5.41) is 4.64. The monoisotopic (exact) mass is 471 g/mol. The number of piperazine rings is 1. The maximum atomic E-state index is 13.5. The van der Waals surface area contributed by atoms with E-state index in [0.717, 1.165) is 11.1 Å². The highest BCUT2D eigenvalue weighted by atomic mass is 32.2. The summed E-state index contributed by atoms with van der Waals surface area (Å²) in [7, 11) is -0.542. The molecule has 0 saturated carbocycles. The van der Waals surface area contributed by atoms with Gasteiger partial charge < -0.3 is 4.90 Å². The highest BCUT2D eigenvalue weighted by Crippen LogP contribution is 2.26. The van der Waals surface area contributed by atoms with Gasteiger partial charge in [-0.25, -0.2) is 9.07 Å². The highest BCUT2D eigenvalue weighted by molar-refractivity contribution is 7.86. The first-order valence-electron chi connectivity index (χ1n) is 10.6. The molecule has 1 amide bonds. The Bertz CT molecular complexity index is 1250. The van der Waals surface area contributed by atoms with Crippen molar-refractivity contribution in [3.63, 3.8) is 0 Å². The zero-order chi connectivity index (χ0) is 23.8. The summed E-state index contributed by atoms with van der Waals surface area (Å²) in [6.45, 7) is 2.98. The topological polar surface area (TPSA) is 78.8 Å². The molecule has 1 fully saturated rings. The molecule has 174 valence electrons. The van der Waals surface area contributed by atoms with E-state index < -0.39 is 10.2 Å².